The predicted octanol–water partition coefficient (Wildman–Crippen LogP) is 1.99. The molecule has 1 atom stereocenters. The molecule has 4 nitrogen and oxygen atoms in total. The Labute approximate surface area is 123 Å². The maximum Gasteiger partial charge on any atom is 0.243 e. The Bertz CT molecular complexity index is 567. The van der Waals surface area contributed by atoms with Crippen LogP contribution < -0.4 is 10.6 Å². The molecule has 21 heavy (non-hydrogen) atoms. The van der Waals surface area contributed by atoms with Crippen LogP contribution in [-0.4, -0.2) is 17.9 Å². The highest BCUT2D eigenvalue weighted by Crippen LogP contribution is 2.40. The fourth-order valence-corrected chi connectivity index (χ4v) is 3.42. The zero-order chi connectivity index (χ0) is 14.9. The third kappa shape index (κ3) is 2.64. The van der Waals surface area contributed by atoms with Crippen molar-refractivity contribution in [1.29, 1.82) is 0 Å². The molecule has 2 aliphatic rings. The van der Waals surface area contributed by atoms with Crippen LogP contribution in [0.4, 0.5) is 4.39 Å². The fourth-order valence-electron chi connectivity index (χ4n) is 3.42. The summed E-state index contributed by atoms with van der Waals surface area (Å²) in [6, 6.07) is 6.14. The molecule has 1 aromatic rings. The van der Waals surface area contributed by atoms with Gasteiger partial charge < -0.3 is 10.6 Å². The Morgan fingerprint density at radius 3 is 2.62 bits per heavy atom. The van der Waals surface area contributed by atoms with E-state index in [9.17, 15) is 14.0 Å². The van der Waals surface area contributed by atoms with Crippen LogP contribution in [0.2, 0.25) is 0 Å². The highest BCUT2D eigenvalue weighted by Gasteiger charge is 2.41. The zero-order valence-corrected chi connectivity index (χ0v) is 11.8. The molecule has 1 saturated carbocycles. The van der Waals surface area contributed by atoms with Crippen molar-refractivity contribution in [2.75, 3.05) is 0 Å². The molecule has 1 aliphatic carbocycles. The second kappa shape index (κ2) is 5.47. The van der Waals surface area contributed by atoms with Gasteiger partial charge in [-0.2, -0.15) is 0 Å². The lowest BCUT2D eigenvalue weighted by atomic mass is 9.87. The number of carbonyl (C=O) groups excluding carboxylic acids is 2. The minimum Gasteiger partial charge on any atom is -0.345 e. The van der Waals surface area contributed by atoms with E-state index >= 15 is 0 Å². The molecule has 5 heteroatoms. The third-order valence-corrected chi connectivity index (χ3v) is 4.52. The average molecular weight is 290 g/mol. The van der Waals surface area contributed by atoms with Crippen LogP contribution in [0, 0.1) is 5.82 Å². The molecular formula is C16H19FN2O2. The summed E-state index contributed by atoms with van der Waals surface area (Å²) in [7, 11) is 0. The topological polar surface area (TPSA) is 58.2 Å². The summed E-state index contributed by atoms with van der Waals surface area (Å²) in [6.07, 6.45) is 4.29. The van der Waals surface area contributed by atoms with E-state index < -0.39 is 11.6 Å². The number of nitrogens with one attached hydrogen (secondary N) is 2. The van der Waals surface area contributed by atoms with Gasteiger partial charge in [0.2, 0.25) is 11.8 Å². The molecule has 0 aromatic heterocycles. The molecular weight excluding hydrogens is 271 g/mol. The van der Waals surface area contributed by atoms with E-state index in [1.165, 1.54) is 6.07 Å². The number of amides is 2. The van der Waals surface area contributed by atoms with Crippen molar-refractivity contribution >= 4 is 11.8 Å². The Kier molecular flexibility index (Phi) is 3.66. The molecule has 112 valence electrons. The monoisotopic (exact) mass is 290 g/mol. The van der Waals surface area contributed by atoms with Crippen LogP contribution in [0.5, 0.6) is 0 Å². The third-order valence-electron chi connectivity index (χ3n) is 4.52. The highest BCUT2D eigenvalue weighted by molar-refractivity contribution is 5.91. The van der Waals surface area contributed by atoms with Crippen molar-refractivity contribution < 1.29 is 14.0 Å². The van der Waals surface area contributed by atoms with Gasteiger partial charge in [-0.25, -0.2) is 4.39 Å². The van der Waals surface area contributed by atoms with Gasteiger partial charge in [0.15, 0.2) is 0 Å². The lowest BCUT2D eigenvalue weighted by Gasteiger charge is -2.32. The van der Waals surface area contributed by atoms with E-state index in [0.29, 0.717) is 18.4 Å². The zero-order valence-electron chi connectivity index (χ0n) is 11.8. The fraction of sp³-hybridized carbons (Fsp3) is 0.500. The average Bonchev–Trinajstić information content (AvgIpc) is 3.09. The minimum absolute atomic E-state index is 0.0958. The summed E-state index contributed by atoms with van der Waals surface area (Å²) in [6.45, 7) is 0. The molecule has 1 heterocycles. The standard InChI is InChI=1S/C16H19FN2O2/c17-12-6-2-1-5-11(12)16(9-3-4-10-16)19-15(21)13-7-8-14(20)18-13/h1-2,5-6,13H,3-4,7-10H2,(H,18,20)(H,19,21). The van der Waals surface area contributed by atoms with E-state index in [1.54, 1.807) is 18.2 Å². The Hall–Kier alpha value is -1.91. The first-order chi connectivity index (χ1) is 10.1. The van der Waals surface area contributed by atoms with Gasteiger partial charge in [-0.1, -0.05) is 31.0 Å². The number of halogens is 1. The maximum atomic E-state index is 14.2. The summed E-state index contributed by atoms with van der Waals surface area (Å²) in [4.78, 5) is 23.6. The smallest absolute Gasteiger partial charge is 0.243 e. The Morgan fingerprint density at radius 1 is 1.29 bits per heavy atom. The first-order valence-electron chi connectivity index (χ1n) is 7.47. The lowest BCUT2D eigenvalue weighted by Crippen LogP contribution is -2.51. The Morgan fingerprint density at radius 2 is 2.00 bits per heavy atom. The van der Waals surface area contributed by atoms with Gasteiger partial charge in [-0.3, -0.25) is 9.59 Å². The second-order valence-electron chi connectivity index (χ2n) is 5.92. The van der Waals surface area contributed by atoms with E-state index in [4.69, 9.17) is 0 Å². The van der Waals surface area contributed by atoms with Gasteiger partial charge in [0.25, 0.3) is 0 Å². The highest BCUT2D eigenvalue weighted by atomic mass is 19.1. The van der Waals surface area contributed by atoms with Gasteiger partial charge in [-0.05, 0) is 25.3 Å². The second-order valence-corrected chi connectivity index (χ2v) is 5.92. The molecule has 2 N–H and O–H groups in total. The van der Waals surface area contributed by atoms with Crippen LogP contribution in [0.15, 0.2) is 24.3 Å². The van der Waals surface area contributed by atoms with Crippen molar-refractivity contribution in [3.05, 3.63) is 35.6 Å². The number of hydrogen-bond acceptors (Lipinski definition) is 2. The van der Waals surface area contributed by atoms with Crippen molar-refractivity contribution in [2.45, 2.75) is 50.1 Å². The van der Waals surface area contributed by atoms with Crippen LogP contribution in [0.25, 0.3) is 0 Å². The van der Waals surface area contributed by atoms with Gasteiger partial charge in [-0.15, -0.1) is 0 Å². The van der Waals surface area contributed by atoms with Crippen molar-refractivity contribution in [2.24, 2.45) is 0 Å². The van der Waals surface area contributed by atoms with E-state index in [0.717, 1.165) is 25.7 Å². The van der Waals surface area contributed by atoms with Gasteiger partial charge in [0.05, 0.1) is 5.54 Å². The summed E-state index contributed by atoms with van der Waals surface area (Å²) in [5, 5.41) is 5.68. The largest absolute Gasteiger partial charge is 0.345 e. The van der Waals surface area contributed by atoms with E-state index in [2.05, 4.69) is 10.6 Å². The molecule has 1 aromatic carbocycles. The summed E-state index contributed by atoms with van der Waals surface area (Å²) < 4.78 is 14.2. The van der Waals surface area contributed by atoms with Gasteiger partial charge in [0.1, 0.15) is 11.9 Å². The van der Waals surface area contributed by atoms with E-state index in [-0.39, 0.29) is 17.6 Å². The quantitative estimate of drug-likeness (QED) is 0.894. The SMILES string of the molecule is O=C1CCC(C(=O)NC2(c3ccccc3F)CCCC2)N1. The number of benzene rings is 1. The minimum atomic E-state index is -0.629. The molecule has 2 fully saturated rings. The van der Waals surface area contributed by atoms with Crippen molar-refractivity contribution in [3.8, 4) is 0 Å². The maximum absolute atomic E-state index is 14.2. The Balaban J connectivity index is 1.83. The van der Waals surface area contributed by atoms with Crippen molar-refractivity contribution in [1.82, 2.24) is 10.6 Å². The molecule has 2 amide bonds. The number of rotatable bonds is 3. The van der Waals surface area contributed by atoms with Crippen LogP contribution in [-0.2, 0) is 15.1 Å². The molecule has 1 aliphatic heterocycles. The summed E-state index contributed by atoms with van der Waals surface area (Å²) in [5.41, 5.74) is -0.0735. The normalized spacial score (nSPS) is 23.9. The number of carbonyl (C=O) groups is 2. The molecule has 1 unspecified atom stereocenters. The van der Waals surface area contributed by atoms with Crippen LogP contribution in [0.1, 0.15) is 44.1 Å². The van der Waals surface area contributed by atoms with Crippen molar-refractivity contribution in [3.63, 3.8) is 0 Å². The first kappa shape index (κ1) is 14.0. The molecule has 0 radical (unpaired) electrons. The number of hydrogen-bond donors (Lipinski definition) is 2. The van der Waals surface area contributed by atoms with Crippen LogP contribution in [0.3, 0.4) is 0 Å². The molecule has 0 spiro atoms. The van der Waals surface area contributed by atoms with E-state index in [1.807, 2.05) is 0 Å². The molecule has 1 saturated heterocycles. The molecule has 0 bridgehead atoms. The van der Waals surface area contributed by atoms with Crippen LogP contribution >= 0.6 is 0 Å². The first-order valence-corrected chi connectivity index (χ1v) is 7.47. The van der Waals surface area contributed by atoms with Gasteiger partial charge >= 0.3 is 0 Å². The summed E-state index contributed by atoms with van der Waals surface area (Å²) in [5.74, 6) is -0.581. The lowest BCUT2D eigenvalue weighted by molar-refractivity contribution is -0.127. The van der Waals surface area contributed by atoms with Gasteiger partial charge in [0, 0.05) is 12.0 Å². The molecule has 3 rings (SSSR count). The summed E-state index contributed by atoms with van der Waals surface area (Å²) >= 11 is 0. The predicted molar refractivity (Wildman–Crippen MR) is 75.9 cm³/mol.